The maximum Gasteiger partial charge on any atom is 0.304 e. The summed E-state index contributed by atoms with van der Waals surface area (Å²) in [7, 11) is 0. The number of hydrogen-bond acceptors (Lipinski definition) is 6. The molecule has 2 fully saturated rings. The van der Waals surface area contributed by atoms with Crippen molar-refractivity contribution in [2.45, 2.75) is 44.4 Å². The lowest BCUT2D eigenvalue weighted by atomic mass is 9.94. The fourth-order valence-electron chi connectivity index (χ4n) is 5.78. The van der Waals surface area contributed by atoms with Crippen molar-refractivity contribution in [2.75, 3.05) is 62.7 Å². The number of pyridine rings is 1. The molecule has 1 aromatic carbocycles. The van der Waals surface area contributed by atoms with Crippen LogP contribution in [0.4, 0.5) is 11.5 Å². The third-order valence-corrected chi connectivity index (χ3v) is 7.75. The van der Waals surface area contributed by atoms with Crippen LogP contribution in [-0.2, 0) is 22.4 Å². The molecule has 7 nitrogen and oxygen atoms in total. The van der Waals surface area contributed by atoms with E-state index < -0.39 is 5.97 Å². The zero-order valence-corrected chi connectivity index (χ0v) is 20.6. The minimum Gasteiger partial charge on any atom is -0.481 e. The summed E-state index contributed by atoms with van der Waals surface area (Å²) in [5.41, 5.74) is 4.83. The first-order valence-corrected chi connectivity index (χ1v) is 13.2. The molecule has 2 N–H and O–H groups in total. The molecule has 0 bridgehead atoms. The predicted molar refractivity (Wildman–Crippen MR) is 138 cm³/mol. The van der Waals surface area contributed by atoms with Crippen LogP contribution in [0.25, 0.3) is 0 Å². The second-order valence-corrected chi connectivity index (χ2v) is 10.3. The second kappa shape index (κ2) is 11.4. The van der Waals surface area contributed by atoms with Crippen LogP contribution in [0.2, 0.25) is 0 Å². The van der Waals surface area contributed by atoms with Gasteiger partial charge in [0.2, 0.25) is 0 Å². The van der Waals surface area contributed by atoms with Gasteiger partial charge in [-0.1, -0.05) is 18.2 Å². The van der Waals surface area contributed by atoms with Gasteiger partial charge in [-0.2, -0.15) is 0 Å². The quantitative estimate of drug-likeness (QED) is 0.568. The molecule has 2 unspecified atom stereocenters. The predicted octanol–water partition coefficient (Wildman–Crippen LogP) is 3.79. The van der Waals surface area contributed by atoms with Crippen molar-refractivity contribution in [3.05, 3.63) is 53.2 Å². The van der Waals surface area contributed by atoms with Gasteiger partial charge in [-0.25, -0.2) is 4.98 Å². The first kappa shape index (κ1) is 24.1. The highest BCUT2D eigenvalue weighted by atomic mass is 16.5. The number of hydrogen-bond donors (Lipinski definition) is 2. The van der Waals surface area contributed by atoms with Crippen LogP contribution in [0.5, 0.6) is 0 Å². The van der Waals surface area contributed by atoms with Gasteiger partial charge in [0.1, 0.15) is 5.82 Å². The van der Waals surface area contributed by atoms with Gasteiger partial charge in [-0.15, -0.1) is 0 Å². The number of carbonyl (C=O) groups is 1. The topological polar surface area (TPSA) is 77.9 Å². The molecule has 3 aliphatic rings. The van der Waals surface area contributed by atoms with Gasteiger partial charge >= 0.3 is 5.97 Å². The average molecular weight is 479 g/mol. The Morgan fingerprint density at radius 1 is 1.20 bits per heavy atom. The number of aromatic nitrogens is 1. The highest BCUT2D eigenvalue weighted by Gasteiger charge is 2.27. The summed E-state index contributed by atoms with van der Waals surface area (Å²) in [5, 5.41) is 13.1. The van der Waals surface area contributed by atoms with Crippen molar-refractivity contribution in [1.29, 1.82) is 0 Å². The highest BCUT2D eigenvalue weighted by Crippen LogP contribution is 2.30. The van der Waals surface area contributed by atoms with Crippen LogP contribution in [-0.4, -0.2) is 73.4 Å². The molecule has 5 rings (SSSR count). The molecule has 35 heavy (non-hydrogen) atoms. The fourth-order valence-corrected chi connectivity index (χ4v) is 5.78. The summed E-state index contributed by atoms with van der Waals surface area (Å²) in [6, 6.07) is 12.9. The van der Waals surface area contributed by atoms with Crippen molar-refractivity contribution in [2.24, 2.45) is 5.92 Å². The van der Waals surface area contributed by atoms with Crippen molar-refractivity contribution in [3.8, 4) is 0 Å². The third-order valence-electron chi connectivity index (χ3n) is 7.75. The molecule has 2 saturated heterocycles. The van der Waals surface area contributed by atoms with Crippen LogP contribution in [0.1, 0.15) is 48.4 Å². The summed E-state index contributed by atoms with van der Waals surface area (Å²) in [6.07, 6.45) is 5.80. The number of carboxylic acids is 1. The zero-order chi connectivity index (χ0) is 24.0. The molecule has 0 radical (unpaired) electrons. The maximum atomic E-state index is 11.7. The third kappa shape index (κ3) is 6.33. The van der Waals surface area contributed by atoms with Crippen molar-refractivity contribution in [1.82, 2.24) is 9.88 Å². The number of nitrogens with one attached hydrogen (secondary N) is 1. The van der Waals surface area contributed by atoms with E-state index in [1.54, 1.807) is 0 Å². The molecule has 0 amide bonds. The second-order valence-electron chi connectivity index (χ2n) is 10.3. The molecular weight excluding hydrogens is 440 g/mol. The molecule has 2 aromatic rings. The molecule has 4 heterocycles. The van der Waals surface area contributed by atoms with Gasteiger partial charge in [-0.3, -0.25) is 4.79 Å². The first-order chi connectivity index (χ1) is 17.1. The number of nitrogens with zero attached hydrogens (tertiary/aromatic N) is 3. The molecule has 3 aliphatic heterocycles. The van der Waals surface area contributed by atoms with E-state index in [0.29, 0.717) is 5.92 Å². The van der Waals surface area contributed by atoms with E-state index in [-0.39, 0.29) is 12.3 Å². The number of morpholine rings is 1. The zero-order valence-electron chi connectivity index (χ0n) is 20.6. The molecule has 0 spiro atoms. The SMILES string of the molecule is O=C(O)CC(CN1CCC(CCc2ccc3c(n2)NCCC3)C1)c1cccc(N2CCOCC2)c1. The first-order valence-electron chi connectivity index (χ1n) is 13.2. The van der Waals surface area contributed by atoms with Crippen LogP contribution in [0.3, 0.4) is 0 Å². The number of benzene rings is 1. The average Bonchev–Trinajstić information content (AvgIpc) is 3.34. The maximum absolute atomic E-state index is 11.7. The van der Waals surface area contributed by atoms with E-state index >= 15 is 0 Å². The largest absolute Gasteiger partial charge is 0.481 e. The molecular formula is C28H38N4O3. The number of carboxylic acid groups (broad SMARTS) is 1. The normalized spacial score (nSPS) is 21.4. The Kier molecular flexibility index (Phi) is 7.84. The molecule has 7 heteroatoms. The number of aryl methyl sites for hydroxylation is 2. The van der Waals surface area contributed by atoms with E-state index in [1.807, 2.05) is 0 Å². The van der Waals surface area contributed by atoms with Crippen molar-refractivity contribution < 1.29 is 14.6 Å². The minimum atomic E-state index is -0.727. The molecule has 1 aromatic heterocycles. The van der Waals surface area contributed by atoms with E-state index in [9.17, 15) is 9.90 Å². The Hall–Kier alpha value is -2.64. The Bertz CT molecular complexity index is 1010. The van der Waals surface area contributed by atoms with Gasteiger partial charge in [0.15, 0.2) is 0 Å². The van der Waals surface area contributed by atoms with Crippen LogP contribution in [0, 0.1) is 5.92 Å². The summed E-state index contributed by atoms with van der Waals surface area (Å²) < 4.78 is 5.49. The summed E-state index contributed by atoms with van der Waals surface area (Å²) >= 11 is 0. The molecule has 188 valence electrons. The number of rotatable bonds is 9. The minimum absolute atomic E-state index is 0.000581. The highest BCUT2D eigenvalue weighted by molar-refractivity contribution is 5.68. The van der Waals surface area contributed by atoms with E-state index in [0.717, 1.165) is 83.1 Å². The molecule has 0 saturated carbocycles. The van der Waals surface area contributed by atoms with Gasteiger partial charge in [-0.05, 0) is 73.9 Å². The van der Waals surface area contributed by atoms with Crippen molar-refractivity contribution in [3.63, 3.8) is 0 Å². The number of fused-ring (bicyclic) bond motifs is 1. The fraction of sp³-hybridized carbons (Fsp3) is 0.571. The van der Waals surface area contributed by atoms with Gasteiger partial charge in [0.05, 0.1) is 19.6 Å². The summed E-state index contributed by atoms with van der Waals surface area (Å²) in [6.45, 7) is 7.17. The Balaban J connectivity index is 1.17. The standard InChI is InChI=1S/C28H38N4O3/c33-27(34)18-24(23-3-1-5-26(17-23)32-13-15-35-16-14-32)20-31-12-10-21(19-31)6-8-25-9-7-22-4-2-11-29-28(22)30-25/h1,3,5,7,9,17,21,24H,2,4,6,8,10-16,18-20H2,(H,29,30)(H,33,34). The van der Waals surface area contributed by atoms with Gasteiger partial charge in [0, 0.05) is 50.0 Å². The lowest BCUT2D eigenvalue weighted by molar-refractivity contribution is -0.137. The molecule has 2 atom stereocenters. The Morgan fingerprint density at radius 3 is 2.94 bits per heavy atom. The van der Waals surface area contributed by atoms with Crippen molar-refractivity contribution >= 4 is 17.5 Å². The van der Waals surface area contributed by atoms with Gasteiger partial charge < -0.3 is 25.0 Å². The lowest BCUT2D eigenvalue weighted by Crippen LogP contribution is -2.36. The number of ether oxygens (including phenoxy) is 1. The summed E-state index contributed by atoms with van der Waals surface area (Å²) in [4.78, 5) is 21.4. The molecule has 0 aliphatic carbocycles. The van der Waals surface area contributed by atoms with E-state index in [4.69, 9.17) is 9.72 Å². The Morgan fingerprint density at radius 2 is 2.09 bits per heavy atom. The number of likely N-dealkylation sites (tertiary alicyclic amines) is 1. The lowest BCUT2D eigenvalue weighted by Gasteiger charge is -2.30. The monoisotopic (exact) mass is 478 g/mol. The smallest absolute Gasteiger partial charge is 0.304 e. The summed E-state index contributed by atoms with van der Waals surface area (Å²) in [5.74, 6) is 0.999. The number of aliphatic carboxylic acids is 1. The van der Waals surface area contributed by atoms with Crippen LogP contribution >= 0.6 is 0 Å². The van der Waals surface area contributed by atoms with Gasteiger partial charge in [0.25, 0.3) is 0 Å². The van der Waals surface area contributed by atoms with E-state index in [2.05, 4.69) is 51.5 Å². The number of anilines is 2. The van der Waals surface area contributed by atoms with Crippen LogP contribution < -0.4 is 10.2 Å². The Labute approximate surface area is 208 Å². The van der Waals surface area contributed by atoms with E-state index in [1.165, 1.54) is 29.8 Å². The van der Waals surface area contributed by atoms with Crippen LogP contribution in [0.15, 0.2) is 36.4 Å².